The summed E-state index contributed by atoms with van der Waals surface area (Å²) in [5.41, 5.74) is 1.11. The molecule has 0 rings (SSSR count). The van der Waals surface area contributed by atoms with Crippen molar-refractivity contribution in [2.75, 3.05) is 40.5 Å². The summed E-state index contributed by atoms with van der Waals surface area (Å²) in [7, 11) is 2.06. The maximum atomic E-state index is 11.3. The molecule has 0 saturated carbocycles. The Balaban J connectivity index is 4.82. The summed E-state index contributed by atoms with van der Waals surface area (Å²) in [5, 5.41) is 0. The fourth-order valence-electron chi connectivity index (χ4n) is 1.53. The fraction of sp³-hybridized carbons (Fsp3) is 0.643. The van der Waals surface area contributed by atoms with E-state index in [0.717, 1.165) is 11.4 Å². The van der Waals surface area contributed by atoms with E-state index in [4.69, 9.17) is 0 Å². The molecule has 0 heterocycles. The Morgan fingerprint density at radius 3 is 2.20 bits per heavy atom. The van der Waals surface area contributed by atoms with Gasteiger partial charge in [-0.2, -0.15) is 0 Å². The van der Waals surface area contributed by atoms with Crippen molar-refractivity contribution in [3.63, 3.8) is 0 Å². The third-order valence-electron chi connectivity index (χ3n) is 3.13. The van der Waals surface area contributed by atoms with Crippen LogP contribution >= 0.6 is 0 Å². The van der Waals surface area contributed by atoms with E-state index >= 15 is 0 Å². The van der Waals surface area contributed by atoms with Gasteiger partial charge in [-0.1, -0.05) is 26.5 Å². The van der Waals surface area contributed by atoms with Gasteiger partial charge in [0.2, 0.25) is 10.0 Å². The topological polar surface area (TPSA) is 53.0 Å². The van der Waals surface area contributed by atoms with Crippen LogP contribution in [0, 0.1) is 5.92 Å². The van der Waals surface area contributed by atoms with Gasteiger partial charge in [-0.25, -0.2) is 12.7 Å². The molecule has 0 saturated heterocycles. The minimum atomic E-state index is -3.14. The zero-order valence-electron chi connectivity index (χ0n) is 13.4. The van der Waals surface area contributed by atoms with Crippen molar-refractivity contribution in [3.8, 4) is 0 Å². The van der Waals surface area contributed by atoms with Crippen LogP contribution in [0.2, 0.25) is 0 Å². The first-order valence-electron chi connectivity index (χ1n) is 6.56. The van der Waals surface area contributed by atoms with Crippen LogP contribution in [0.15, 0.2) is 29.3 Å². The van der Waals surface area contributed by atoms with Crippen LogP contribution in [0.1, 0.15) is 13.8 Å². The Hall–Kier alpha value is -1.14. The van der Waals surface area contributed by atoms with E-state index in [1.807, 2.05) is 24.1 Å². The molecule has 116 valence electrons. The molecule has 0 N–H and O–H groups in total. The fourth-order valence-corrected chi connectivity index (χ4v) is 1.94. The maximum Gasteiger partial charge on any atom is 0.211 e. The lowest BCUT2D eigenvalue weighted by molar-refractivity contribution is 0.411. The van der Waals surface area contributed by atoms with Gasteiger partial charge in [0.05, 0.1) is 6.26 Å². The number of rotatable bonds is 7. The Morgan fingerprint density at radius 2 is 1.85 bits per heavy atom. The van der Waals surface area contributed by atoms with Crippen molar-refractivity contribution in [1.29, 1.82) is 0 Å². The summed E-state index contributed by atoms with van der Waals surface area (Å²) in [6, 6.07) is 0. The number of allylic oxidation sites excluding steroid dienone is 2. The highest BCUT2D eigenvalue weighted by Crippen LogP contribution is 2.11. The van der Waals surface area contributed by atoms with E-state index in [9.17, 15) is 8.42 Å². The minimum Gasteiger partial charge on any atom is -0.359 e. The highest BCUT2D eigenvalue weighted by atomic mass is 32.2. The Morgan fingerprint density at radius 1 is 1.30 bits per heavy atom. The number of sulfonamides is 1. The average Bonchev–Trinajstić information content (AvgIpc) is 2.35. The minimum absolute atomic E-state index is 0.372. The maximum absolute atomic E-state index is 11.3. The van der Waals surface area contributed by atoms with Crippen LogP contribution in [0.4, 0.5) is 0 Å². The summed E-state index contributed by atoms with van der Waals surface area (Å²) >= 11 is 0. The molecule has 20 heavy (non-hydrogen) atoms. The van der Waals surface area contributed by atoms with Crippen molar-refractivity contribution in [2.24, 2.45) is 10.9 Å². The van der Waals surface area contributed by atoms with Crippen molar-refractivity contribution in [3.05, 3.63) is 24.3 Å². The van der Waals surface area contributed by atoms with Gasteiger partial charge in [-0.05, 0) is 17.6 Å². The van der Waals surface area contributed by atoms with Gasteiger partial charge in [0, 0.05) is 34.2 Å². The summed E-state index contributed by atoms with van der Waals surface area (Å²) in [6.07, 6.45) is 5.01. The SMILES string of the molecule is C=C/C(=C\C(=NC)N(C)CCN(C)S(C)(=O)=O)C(C)C. The Labute approximate surface area is 123 Å². The van der Waals surface area contributed by atoms with E-state index in [2.05, 4.69) is 25.4 Å². The Kier molecular flexibility index (Phi) is 7.75. The molecule has 6 heteroatoms. The molecule has 0 aliphatic carbocycles. The number of hydrogen-bond donors (Lipinski definition) is 0. The molecule has 0 amide bonds. The van der Waals surface area contributed by atoms with E-state index in [1.165, 1.54) is 10.6 Å². The van der Waals surface area contributed by atoms with Gasteiger partial charge in [0.25, 0.3) is 0 Å². The van der Waals surface area contributed by atoms with E-state index in [1.54, 1.807) is 14.1 Å². The van der Waals surface area contributed by atoms with Crippen LogP contribution in [0.3, 0.4) is 0 Å². The molecule has 0 radical (unpaired) electrons. The molecule has 5 nitrogen and oxygen atoms in total. The van der Waals surface area contributed by atoms with Crippen LogP contribution in [0.5, 0.6) is 0 Å². The number of amidine groups is 1. The summed E-state index contributed by atoms with van der Waals surface area (Å²) in [4.78, 5) is 6.19. The molecule has 0 fully saturated rings. The van der Waals surface area contributed by atoms with E-state index in [-0.39, 0.29) is 0 Å². The summed E-state index contributed by atoms with van der Waals surface area (Å²) < 4.78 is 24.0. The number of aliphatic imine (C=N–C) groups is 1. The van der Waals surface area contributed by atoms with Gasteiger partial charge < -0.3 is 4.90 Å². The summed E-state index contributed by atoms with van der Waals surface area (Å²) in [6.45, 7) is 9.00. The Bertz CT molecular complexity index is 479. The first kappa shape index (κ1) is 18.9. The molecular weight excluding hydrogens is 274 g/mol. The molecule has 0 atom stereocenters. The molecule has 0 aromatic carbocycles. The lowest BCUT2D eigenvalue weighted by Crippen LogP contribution is -2.36. The van der Waals surface area contributed by atoms with Gasteiger partial charge in [0.1, 0.15) is 5.84 Å². The predicted molar refractivity (Wildman–Crippen MR) is 86.6 cm³/mol. The zero-order valence-corrected chi connectivity index (χ0v) is 14.2. The number of nitrogens with zero attached hydrogens (tertiary/aromatic N) is 3. The second-order valence-corrected chi connectivity index (χ2v) is 7.18. The lowest BCUT2D eigenvalue weighted by atomic mass is 10.0. The molecule has 0 bridgehead atoms. The van der Waals surface area contributed by atoms with Gasteiger partial charge in [-0.15, -0.1) is 0 Å². The molecule has 0 spiro atoms. The predicted octanol–water partition coefficient (Wildman–Crippen LogP) is 1.61. The van der Waals surface area contributed by atoms with Crippen molar-refractivity contribution in [1.82, 2.24) is 9.21 Å². The molecular formula is C14H27N3O2S. The van der Waals surface area contributed by atoms with Gasteiger partial charge in [0.15, 0.2) is 0 Å². The number of likely N-dealkylation sites (N-methyl/N-ethyl adjacent to an activating group) is 2. The molecule has 0 aromatic heterocycles. The molecule has 0 aromatic rings. The zero-order chi connectivity index (χ0) is 15.9. The van der Waals surface area contributed by atoms with Crippen LogP contribution in [0.25, 0.3) is 0 Å². The number of hydrogen-bond acceptors (Lipinski definition) is 3. The molecule has 0 aliphatic rings. The van der Waals surface area contributed by atoms with Crippen molar-refractivity contribution in [2.45, 2.75) is 13.8 Å². The normalized spacial score (nSPS) is 14.0. The second-order valence-electron chi connectivity index (χ2n) is 5.09. The van der Waals surface area contributed by atoms with Crippen molar-refractivity contribution < 1.29 is 8.42 Å². The third-order valence-corrected chi connectivity index (χ3v) is 4.45. The van der Waals surface area contributed by atoms with Crippen LogP contribution in [-0.2, 0) is 10.0 Å². The quantitative estimate of drug-likeness (QED) is 0.408. The highest BCUT2D eigenvalue weighted by molar-refractivity contribution is 7.88. The third kappa shape index (κ3) is 6.34. The monoisotopic (exact) mass is 301 g/mol. The van der Waals surface area contributed by atoms with Gasteiger partial charge >= 0.3 is 0 Å². The molecule has 0 unspecified atom stereocenters. The first-order chi connectivity index (χ1) is 9.13. The first-order valence-corrected chi connectivity index (χ1v) is 8.41. The second kappa shape index (κ2) is 8.21. The van der Waals surface area contributed by atoms with E-state index in [0.29, 0.717) is 19.0 Å². The largest absolute Gasteiger partial charge is 0.359 e. The van der Waals surface area contributed by atoms with E-state index < -0.39 is 10.0 Å². The van der Waals surface area contributed by atoms with Crippen LogP contribution < -0.4 is 0 Å². The van der Waals surface area contributed by atoms with Crippen molar-refractivity contribution >= 4 is 15.9 Å². The average molecular weight is 301 g/mol. The standard InChI is InChI=1S/C14H27N3O2S/c1-8-13(12(2)3)11-14(15-4)16(5)9-10-17(6)20(7,18)19/h8,11-12H,1,9-10H2,2-7H3/b13-11+,15-14?. The van der Waals surface area contributed by atoms with Gasteiger partial charge in [-0.3, -0.25) is 4.99 Å². The lowest BCUT2D eigenvalue weighted by Gasteiger charge is -2.23. The molecule has 0 aliphatic heterocycles. The smallest absolute Gasteiger partial charge is 0.211 e. The van der Waals surface area contributed by atoms with Crippen LogP contribution in [-0.4, -0.2) is 63.9 Å². The summed E-state index contributed by atoms with van der Waals surface area (Å²) in [5.74, 6) is 1.19. The highest BCUT2D eigenvalue weighted by Gasteiger charge is 2.12.